The molecule has 1 N–H and O–H groups in total. The molecule has 0 spiro atoms. The van der Waals surface area contributed by atoms with E-state index in [2.05, 4.69) is 11.2 Å². The average molecular weight is 349 g/mol. The molecule has 1 aromatic rings. The Bertz CT molecular complexity index is 639. The number of hydrogen-bond acceptors (Lipinski definition) is 3. The summed E-state index contributed by atoms with van der Waals surface area (Å²) < 4.78 is 26.6. The minimum Gasteiger partial charge on any atom is -0.316 e. The molecule has 4 nitrogen and oxygen atoms in total. The van der Waals surface area contributed by atoms with Crippen LogP contribution in [0.3, 0.4) is 0 Å². The van der Waals surface area contributed by atoms with Crippen LogP contribution in [-0.2, 0) is 16.6 Å². The first-order chi connectivity index (χ1) is 9.88. The molecule has 0 radical (unpaired) electrons. The summed E-state index contributed by atoms with van der Waals surface area (Å²) in [6.07, 6.45) is 5.91. The zero-order valence-electron chi connectivity index (χ0n) is 12.0. The Morgan fingerprint density at radius 1 is 1.38 bits per heavy atom. The van der Waals surface area contributed by atoms with E-state index in [0.717, 1.165) is 0 Å². The van der Waals surface area contributed by atoms with Gasteiger partial charge in [0.2, 0.25) is 10.0 Å². The third kappa shape index (κ3) is 4.35. The normalized spacial score (nSPS) is 11.6. The summed E-state index contributed by atoms with van der Waals surface area (Å²) >= 11 is 12.2. The number of halogens is 2. The summed E-state index contributed by atoms with van der Waals surface area (Å²) in [6, 6.07) is 3.00. The number of hydrogen-bond donors (Lipinski definition) is 1. The van der Waals surface area contributed by atoms with Gasteiger partial charge in [-0.05, 0) is 31.2 Å². The standard InChI is InChI=1S/C14H18Cl2N2O2S/c1-4-6-18(7-5-2)21(19,20)13-9-12(15)8-11(10-17-3)14(13)16/h1,8-9,17H,5-7,10H2,2-3H3. The number of nitrogens with one attached hydrogen (secondary N) is 1. The smallest absolute Gasteiger partial charge is 0.245 e. The first-order valence-corrected chi connectivity index (χ1v) is 8.64. The van der Waals surface area contributed by atoms with Crippen LogP contribution >= 0.6 is 23.2 Å². The molecule has 0 saturated heterocycles. The maximum absolute atomic E-state index is 12.7. The molecule has 0 saturated carbocycles. The lowest BCUT2D eigenvalue weighted by Gasteiger charge is -2.21. The van der Waals surface area contributed by atoms with Crippen LogP contribution in [0.1, 0.15) is 18.9 Å². The summed E-state index contributed by atoms with van der Waals surface area (Å²) in [5.74, 6) is 2.36. The van der Waals surface area contributed by atoms with Crippen LogP contribution in [0.25, 0.3) is 0 Å². The third-order valence-corrected chi connectivity index (χ3v) is 5.45. The van der Waals surface area contributed by atoms with Gasteiger partial charge in [-0.3, -0.25) is 0 Å². The van der Waals surface area contributed by atoms with E-state index in [4.69, 9.17) is 29.6 Å². The Morgan fingerprint density at radius 3 is 2.57 bits per heavy atom. The van der Waals surface area contributed by atoms with E-state index in [1.54, 1.807) is 13.1 Å². The molecule has 0 atom stereocenters. The van der Waals surface area contributed by atoms with E-state index < -0.39 is 10.0 Å². The van der Waals surface area contributed by atoms with Crippen molar-refractivity contribution in [3.63, 3.8) is 0 Å². The van der Waals surface area contributed by atoms with E-state index in [9.17, 15) is 8.42 Å². The average Bonchev–Trinajstić information content (AvgIpc) is 2.42. The van der Waals surface area contributed by atoms with Crippen molar-refractivity contribution in [3.8, 4) is 12.3 Å². The monoisotopic (exact) mass is 348 g/mol. The van der Waals surface area contributed by atoms with Gasteiger partial charge in [0, 0.05) is 18.1 Å². The predicted molar refractivity (Wildman–Crippen MR) is 87.1 cm³/mol. The molecule has 0 bridgehead atoms. The highest BCUT2D eigenvalue weighted by Gasteiger charge is 2.27. The van der Waals surface area contributed by atoms with Gasteiger partial charge in [0.1, 0.15) is 4.90 Å². The van der Waals surface area contributed by atoms with E-state index in [-0.39, 0.29) is 16.5 Å². The fourth-order valence-corrected chi connectivity index (χ4v) is 4.25. The second-order valence-corrected chi connectivity index (χ2v) is 7.17. The Hall–Kier alpha value is -0.770. The van der Waals surface area contributed by atoms with Crippen LogP contribution < -0.4 is 5.32 Å². The highest BCUT2D eigenvalue weighted by atomic mass is 35.5. The minimum atomic E-state index is -3.77. The second kappa shape index (κ2) is 8.02. The highest BCUT2D eigenvalue weighted by Crippen LogP contribution is 2.31. The van der Waals surface area contributed by atoms with Gasteiger partial charge in [-0.2, -0.15) is 4.31 Å². The molecule has 0 aliphatic rings. The van der Waals surface area contributed by atoms with Crippen molar-refractivity contribution < 1.29 is 8.42 Å². The molecule has 0 aliphatic heterocycles. The number of nitrogens with zero attached hydrogens (tertiary/aromatic N) is 1. The lowest BCUT2D eigenvalue weighted by atomic mass is 10.2. The van der Waals surface area contributed by atoms with Gasteiger partial charge in [-0.25, -0.2) is 8.42 Å². The molecule has 1 aromatic carbocycles. The largest absolute Gasteiger partial charge is 0.316 e. The fraction of sp³-hybridized carbons (Fsp3) is 0.429. The zero-order valence-corrected chi connectivity index (χ0v) is 14.3. The van der Waals surface area contributed by atoms with Gasteiger partial charge in [-0.1, -0.05) is 36.0 Å². The van der Waals surface area contributed by atoms with Crippen LogP contribution in [0.15, 0.2) is 17.0 Å². The van der Waals surface area contributed by atoms with Crippen molar-refractivity contribution in [1.82, 2.24) is 9.62 Å². The van der Waals surface area contributed by atoms with Crippen LogP contribution in [0.2, 0.25) is 10.0 Å². The SMILES string of the molecule is C#CCN(CCC)S(=O)(=O)c1cc(Cl)cc(CNC)c1Cl. The van der Waals surface area contributed by atoms with E-state index >= 15 is 0 Å². The topological polar surface area (TPSA) is 49.4 Å². The first-order valence-electron chi connectivity index (χ1n) is 6.44. The molecule has 0 aromatic heterocycles. The van der Waals surface area contributed by atoms with Crippen LogP contribution in [0.5, 0.6) is 0 Å². The van der Waals surface area contributed by atoms with Crippen molar-refractivity contribution >= 4 is 33.2 Å². The summed E-state index contributed by atoms with van der Waals surface area (Å²) in [5, 5.41) is 3.42. The van der Waals surface area contributed by atoms with Gasteiger partial charge >= 0.3 is 0 Å². The molecular formula is C14H18Cl2N2O2S. The molecule has 21 heavy (non-hydrogen) atoms. The maximum Gasteiger partial charge on any atom is 0.245 e. The fourth-order valence-electron chi connectivity index (χ4n) is 1.90. The van der Waals surface area contributed by atoms with E-state index in [1.807, 2.05) is 6.92 Å². The molecule has 0 amide bonds. The third-order valence-electron chi connectivity index (χ3n) is 2.81. The highest BCUT2D eigenvalue weighted by molar-refractivity contribution is 7.89. The summed E-state index contributed by atoms with van der Waals surface area (Å²) in [7, 11) is -2.03. The van der Waals surface area contributed by atoms with E-state index in [0.29, 0.717) is 30.1 Å². The van der Waals surface area contributed by atoms with Crippen LogP contribution in [0.4, 0.5) is 0 Å². The summed E-state index contributed by atoms with van der Waals surface area (Å²) in [5.41, 5.74) is 0.627. The molecule has 7 heteroatoms. The second-order valence-electron chi connectivity index (χ2n) is 4.45. The Kier molecular flexibility index (Phi) is 6.98. The minimum absolute atomic E-state index is 0.000374. The molecule has 0 unspecified atom stereocenters. The number of sulfonamides is 1. The van der Waals surface area contributed by atoms with Gasteiger partial charge in [0.05, 0.1) is 11.6 Å². The van der Waals surface area contributed by atoms with Crippen molar-refractivity contribution in [2.45, 2.75) is 24.8 Å². The molecule has 116 valence electrons. The van der Waals surface area contributed by atoms with Crippen molar-refractivity contribution in [1.29, 1.82) is 0 Å². The first kappa shape index (κ1) is 18.3. The van der Waals surface area contributed by atoms with Gasteiger partial charge < -0.3 is 5.32 Å². The van der Waals surface area contributed by atoms with Gasteiger partial charge in [0.25, 0.3) is 0 Å². The summed E-state index contributed by atoms with van der Waals surface area (Å²) in [4.78, 5) is -0.00869. The van der Waals surface area contributed by atoms with Crippen LogP contribution in [0, 0.1) is 12.3 Å². The Balaban J connectivity index is 3.39. The van der Waals surface area contributed by atoms with Crippen molar-refractivity contribution in [2.75, 3.05) is 20.1 Å². The van der Waals surface area contributed by atoms with Crippen molar-refractivity contribution in [2.24, 2.45) is 0 Å². The molecular weight excluding hydrogens is 331 g/mol. The Morgan fingerprint density at radius 2 is 2.05 bits per heavy atom. The van der Waals surface area contributed by atoms with E-state index in [1.165, 1.54) is 10.4 Å². The number of rotatable bonds is 7. The molecule has 0 fully saturated rings. The zero-order chi connectivity index (χ0) is 16.0. The lowest BCUT2D eigenvalue weighted by Crippen LogP contribution is -2.32. The Labute approximate surface area is 136 Å². The van der Waals surface area contributed by atoms with Crippen LogP contribution in [-0.4, -0.2) is 32.9 Å². The summed E-state index contributed by atoms with van der Waals surface area (Å²) in [6.45, 7) is 2.63. The van der Waals surface area contributed by atoms with Gasteiger partial charge in [0.15, 0.2) is 0 Å². The molecule has 0 heterocycles. The lowest BCUT2D eigenvalue weighted by molar-refractivity contribution is 0.445. The predicted octanol–water partition coefficient (Wildman–Crippen LogP) is 2.75. The number of benzene rings is 1. The van der Waals surface area contributed by atoms with Crippen molar-refractivity contribution in [3.05, 3.63) is 27.7 Å². The maximum atomic E-state index is 12.7. The number of terminal acetylenes is 1. The molecule has 1 rings (SSSR count). The van der Waals surface area contributed by atoms with Gasteiger partial charge in [-0.15, -0.1) is 6.42 Å². The molecule has 0 aliphatic carbocycles. The quantitative estimate of drug-likeness (QED) is 0.770.